The molecule has 1 heterocycles. The molecule has 0 spiro atoms. The fourth-order valence-corrected chi connectivity index (χ4v) is 2.28. The van der Waals surface area contributed by atoms with Crippen LogP contribution in [0.15, 0.2) is 72.9 Å². The minimum Gasteiger partial charge on any atom is -0.326 e. The van der Waals surface area contributed by atoms with E-state index in [9.17, 15) is 0 Å². The molecule has 0 amide bonds. The average molecular weight is 260 g/mol. The van der Waals surface area contributed by atoms with E-state index in [1.807, 2.05) is 42.6 Å². The Morgan fingerprint density at radius 2 is 1.40 bits per heavy atom. The SMILES string of the molecule is NCc1cnc(-c2ccccc2)c(-c2ccccc2)c1. The van der Waals surface area contributed by atoms with Gasteiger partial charge in [0.2, 0.25) is 0 Å². The number of hydrogen-bond donors (Lipinski definition) is 1. The molecule has 0 bridgehead atoms. The van der Waals surface area contributed by atoms with Gasteiger partial charge in [0, 0.05) is 23.9 Å². The van der Waals surface area contributed by atoms with E-state index in [2.05, 4.69) is 35.3 Å². The largest absolute Gasteiger partial charge is 0.326 e. The predicted octanol–water partition coefficient (Wildman–Crippen LogP) is 3.87. The first kappa shape index (κ1) is 12.6. The third-order valence-electron chi connectivity index (χ3n) is 3.31. The molecular weight excluding hydrogens is 244 g/mol. The second-order valence-electron chi connectivity index (χ2n) is 4.68. The van der Waals surface area contributed by atoms with E-state index in [0.29, 0.717) is 6.54 Å². The molecule has 20 heavy (non-hydrogen) atoms. The molecule has 0 fully saturated rings. The minimum absolute atomic E-state index is 0.502. The van der Waals surface area contributed by atoms with Gasteiger partial charge in [-0.3, -0.25) is 4.98 Å². The maximum Gasteiger partial charge on any atom is 0.0780 e. The maximum absolute atomic E-state index is 5.75. The third-order valence-corrected chi connectivity index (χ3v) is 3.31. The van der Waals surface area contributed by atoms with Gasteiger partial charge in [-0.05, 0) is 17.2 Å². The monoisotopic (exact) mass is 260 g/mol. The summed E-state index contributed by atoms with van der Waals surface area (Å²) in [7, 11) is 0. The van der Waals surface area contributed by atoms with Crippen molar-refractivity contribution in [1.29, 1.82) is 0 Å². The van der Waals surface area contributed by atoms with Crippen molar-refractivity contribution in [2.45, 2.75) is 6.54 Å². The number of rotatable bonds is 3. The molecule has 0 unspecified atom stereocenters. The first-order valence-electron chi connectivity index (χ1n) is 6.68. The van der Waals surface area contributed by atoms with Crippen LogP contribution in [0.2, 0.25) is 0 Å². The van der Waals surface area contributed by atoms with Crippen molar-refractivity contribution in [3.8, 4) is 22.4 Å². The lowest BCUT2D eigenvalue weighted by Gasteiger charge is -2.11. The highest BCUT2D eigenvalue weighted by atomic mass is 14.7. The van der Waals surface area contributed by atoms with Gasteiger partial charge in [-0.15, -0.1) is 0 Å². The van der Waals surface area contributed by atoms with Crippen LogP contribution in [-0.4, -0.2) is 4.98 Å². The quantitative estimate of drug-likeness (QED) is 0.776. The van der Waals surface area contributed by atoms with Crippen LogP contribution in [0.1, 0.15) is 5.56 Å². The second-order valence-corrected chi connectivity index (χ2v) is 4.68. The van der Waals surface area contributed by atoms with Gasteiger partial charge in [0.1, 0.15) is 0 Å². The molecule has 0 aliphatic carbocycles. The Morgan fingerprint density at radius 3 is 2.00 bits per heavy atom. The van der Waals surface area contributed by atoms with E-state index >= 15 is 0 Å². The number of pyridine rings is 1. The highest BCUT2D eigenvalue weighted by Crippen LogP contribution is 2.30. The van der Waals surface area contributed by atoms with Gasteiger partial charge in [0.05, 0.1) is 5.69 Å². The van der Waals surface area contributed by atoms with Crippen molar-refractivity contribution in [2.75, 3.05) is 0 Å². The van der Waals surface area contributed by atoms with Gasteiger partial charge in [-0.25, -0.2) is 0 Å². The summed E-state index contributed by atoms with van der Waals surface area (Å²) in [5.41, 5.74) is 11.2. The van der Waals surface area contributed by atoms with Crippen LogP contribution in [0.25, 0.3) is 22.4 Å². The molecule has 2 heteroatoms. The minimum atomic E-state index is 0.502. The molecule has 2 aromatic carbocycles. The summed E-state index contributed by atoms with van der Waals surface area (Å²) in [4.78, 5) is 4.62. The highest BCUT2D eigenvalue weighted by Gasteiger charge is 2.09. The summed E-state index contributed by atoms with van der Waals surface area (Å²) < 4.78 is 0. The lowest BCUT2D eigenvalue weighted by Crippen LogP contribution is -1.99. The maximum atomic E-state index is 5.75. The van der Waals surface area contributed by atoms with Gasteiger partial charge >= 0.3 is 0 Å². The lowest BCUT2D eigenvalue weighted by molar-refractivity contribution is 1.05. The van der Waals surface area contributed by atoms with E-state index in [1.165, 1.54) is 0 Å². The Bertz CT molecular complexity index is 691. The smallest absolute Gasteiger partial charge is 0.0780 e. The Morgan fingerprint density at radius 1 is 0.800 bits per heavy atom. The van der Waals surface area contributed by atoms with E-state index in [4.69, 9.17) is 5.73 Å². The number of aromatic nitrogens is 1. The molecule has 3 aromatic rings. The van der Waals surface area contributed by atoms with E-state index in [0.717, 1.165) is 27.9 Å². The van der Waals surface area contributed by atoms with Crippen LogP contribution in [-0.2, 0) is 6.54 Å². The van der Waals surface area contributed by atoms with Crippen LogP contribution < -0.4 is 5.73 Å². The summed E-state index contributed by atoms with van der Waals surface area (Å²) in [5.74, 6) is 0. The van der Waals surface area contributed by atoms with Crippen molar-refractivity contribution < 1.29 is 0 Å². The van der Waals surface area contributed by atoms with E-state index in [-0.39, 0.29) is 0 Å². The zero-order chi connectivity index (χ0) is 13.8. The first-order valence-corrected chi connectivity index (χ1v) is 6.68. The van der Waals surface area contributed by atoms with Crippen LogP contribution >= 0.6 is 0 Å². The van der Waals surface area contributed by atoms with Crippen molar-refractivity contribution in [1.82, 2.24) is 4.98 Å². The van der Waals surface area contributed by atoms with Crippen LogP contribution in [0.5, 0.6) is 0 Å². The zero-order valence-electron chi connectivity index (χ0n) is 11.2. The summed E-state index contributed by atoms with van der Waals surface area (Å²) >= 11 is 0. The van der Waals surface area contributed by atoms with Gasteiger partial charge in [0.25, 0.3) is 0 Å². The molecule has 0 atom stereocenters. The van der Waals surface area contributed by atoms with Gasteiger partial charge in [0.15, 0.2) is 0 Å². The lowest BCUT2D eigenvalue weighted by atomic mass is 9.98. The Kier molecular flexibility index (Phi) is 3.57. The summed E-state index contributed by atoms with van der Waals surface area (Å²) in [5, 5.41) is 0. The molecule has 2 nitrogen and oxygen atoms in total. The molecule has 0 aliphatic rings. The third kappa shape index (κ3) is 2.46. The second kappa shape index (κ2) is 5.68. The number of hydrogen-bond acceptors (Lipinski definition) is 2. The molecular formula is C18H16N2. The number of nitrogens with zero attached hydrogens (tertiary/aromatic N) is 1. The summed E-state index contributed by atoms with van der Waals surface area (Å²) in [6, 6.07) is 22.7. The average Bonchev–Trinajstić information content (AvgIpc) is 2.56. The molecule has 3 rings (SSSR count). The fourth-order valence-electron chi connectivity index (χ4n) is 2.28. The van der Waals surface area contributed by atoms with Crippen LogP contribution in [0.4, 0.5) is 0 Å². The van der Waals surface area contributed by atoms with Crippen LogP contribution in [0, 0.1) is 0 Å². The normalized spacial score (nSPS) is 10.4. The number of nitrogens with two attached hydrogens (primary N) is 1. The van der Waals surface area contributed by atoms with Crippen molar-refractivity contribution >= 4 is 0 Å². The van der Waals surface area contributed by atoms with Gasteiger partial charge in [-0.2, -0.15) is 0 Å². The summed E-state index contributed by atoms with van der Waals surface area (Å²) in [6.45, 7) is 0.502. The molecule has 0 saturated carbocycles. The first-order chi connectivity index (χ1) is 9.88. The molecule has 1 aromatic heterocycles. The van der Waals surface area contributed by atoms with Gasteiger partial charge in [-0.1, -0.05) is 60.7 Å². The van der Waals surface area contributed by atoms with Crippen molar-refractivity contribution in [3.05, 3.63) is 78.5 Å². The summed E-state index contributed by atoms with van der Waals surface area (Å²) in [6.07, 6.45) is 1.86. The van der Waals surface area contributed by atoms with Gasteiger partial charge < -0.3 is 5.73 Å². The Balaban J connectivity index is 2.20. The van der Waals surface area contributed by atoms with Crippen molar-refractivity contribution in [3.63, 3.8) is 0 Å². The Hall–Kier alpha value is -2.45. The van der Waals surface area contributed by atoms with E-state index < -0.39 is 0 Å². The predicted molar refractivity (Wildman–Crippen MR) is 83.0 cm³/mol. The Labute approximate surface area is 118 Å². The molecule has 2 N–H and O–H groups in total. The molecule has 0 radical (unpaired) electrons. The zero-order valence-corrected chi connectivity index (χ0v) is 11.2. The fraction of sp³-hybridized carbons (Fsp3) is 0.0556. The number of benzene rings is 2. The van der Waals surface area contributed by atoms with E-state index in [1.54, 1.807) is 0 Å². The van der Waals surface area contributed by atoms with Crippen LogP contribution in [0.3, 0.4) is 0 Å². The molecule has 98 valence electrons. The topological polar surface area (TPSA) is 38.9 Å². The highest BCUT2D eigenvalue weighted by molar-refractivity contribution is 5.80. The molecule has 0 saturated heterocycles. The molecule has 0 aliphatic heterocycles. The van der Waals surface area contributed by atoms with Crippen molar-refractivity contribution in [2.24, 2.45) is 5.73 Å². The standard InChI is InChI=1S/C18H16N2/c19-12-14-11-17(15-7-3-1-4-8-15)18(20-13-14)16-9-5-2-6-10-16/h1-11,13H,12,19H2.